The summed E-state index contributed by atoms with van der Waals surface area (Å²) in [7, 11) is 1.67. The van der Waals surface area contributed by atoms with Gasteiger partial charge in [0, 0.05) is 24.8 Å². The van der Waals surface area contributed by atoms with Crippen LogP contribution in [0.15, 0.2) is 36.4 Å². The van der Waals surface area contributed by atoms with Gasteiger partial charge in [0.2, 0.25) is 0 Å². The Balaban J connectivity index is 2.25. The number of rotatable bonds is 5. The second-order valence-corrected chi connectivity index (χ2v) is 4.37. The molecule has 0 aliphatic carbocycles. The molecule has 0 saturated carbocycles. The molecule has 1 unspecified atom stereocenters. The summed E-state index contributed by atoms with van der Waals surface area (Å²) >= 11 is 0. The standard InChI is InChI=1S/C14H18N4O/c1-10(9-19-2)16-13-8-12(15)17-14(18-13)11-6-4-3-5-7-11/h3-8,10H,9H2,1-2H3,(H3,15,16,17,18). The molecule has 0 amide bonds. The van der Waals surface area contributed by atoms with Gasteiger partial charge in [-0.2, -0.15) is 0 Å². The molecular weight excluding hydrogens is 240 g/mol. The maximum Gasteiger partial charge on any atom is 0.163 e. The number of nitrogen functional groups attached to an aromatic ring is 1. The van der Waals surface area contributed by atoms with E-state index in [-0.39, 0.29) is 6.04 Å². The van der Waals surface area contributed by atoms with Gasteiger partial charge >= 0.3 is 0 Å². The van der Waals surface area contributed by atoms with E-state index in [9.17, 15) is 0 Å². The van der Waals surface area contributed by atoms with Crippen molar-refractivity contribution in [3.8, 4) is 11.4 Å². The van der Waals surface area contributed by atoms with Gasteiger partial charge in [-0.3, -0.25) is 0 Å². The number of nitrogens with two attached hydrogens (primary N) is 1. The quantitative estimate of drug-likeness (QED) is 0.860. The molecule has 1 heterocycles. The summed E-state index contributed by atoms with van der Waals surface area (Å²) in [4.78, 5) is 8.72. The molecule has 0 bridgehead atoms. The zero-order chi connectivity index (χ0) is 13.7. The van der Waals surface area contributed by atoms with Gasteiger partial charge < -0.3 is 15.8 Å². The molecule has 3 N–H and O–H groups in total. The molecule has 0 spiro atoms. The van der Waals surface area contributed by atoms with Gasteiger partial charge in [0.25, 0.3) is 0 Å². The zero-order valence-electron chi connectivity index (χ0n) is 11.1. The first-order valence-corrected chi connectivity index (χ1v) is 6.14. The summed E-state index contributed by atoms with van der Waals surface area (Å²) in [5.74, 6) is 1.77. The molecule has 2 rings (SSSR count). The number of ether oxygens (including phenoxy) is 1. The van der Waals surface area contributed by atoms with Gasteiger partial charge in [0.1, 0.15) is 11.6 Å². The molecule has 100 valence electrons. The Bertz CT molecular complexity index is 530. The fraction of sp³-hybridized carbons (Fsp3) is 0.286. The first-order valence-electron chi connectivity index (χ1n) is 6.14. The van der Waals surface area contributed by atoms with Crippen molar-refractivity contribution in [1.29, 1.82) is 0 Å². The Labute approximate surface area is 112 Å². The SMILES string of the molecule is COCC(C)Nc1cc(N)nc(-c2ccccc2)n1. The van der Waals surface area contributed by atoms with Crippen LogP contribution in [-0.2, 0) is 4.74 Å². The molecule has 2 aromatic rings. The zero-order valence-corrected chi connectivity index (χ0v) is 11.1. The minimum Gasteiger partial charge on any atom is -0.384 e. The second-order valence-electron chi connectivity index (χ2n) is 4.37. The van der Waals surface area contributed by atoms with Gasteiger partial charge in [-0.15, -0.1) is 0 Å². The predicted molar refractivity (Wildman–Crippen MR) is 76.8 cm³/mol. The third-order valence-corrected chi connectivity index (χ3v) is 2.59. The van der Waals surface area contributed by atoms with E-state index in [0.717, 1.165) is 5.56 Å². The molecule has 1 atom stereocenters. The summed E-state index contributed by atoms with van der Waals surface area (Å²) in [6.45, 7) is 2.62. The van der Waals surface area contributed by atoms with E-state index >= 15 is 0 Å². The Morgan fingerprint density at radius 3 is 2.68 bits per heavy atom. The van der Waals surface area contributed by atoms with Gasteiger partial charge in [-0.25, -0.2) is 9.97 Å². The third-order valence-electron chi connectivity index (χ3n) is 2.59. The van der Waals surface area contributed by atoms with E-state index in [4.69, 9.17) is 10.5 Å². The lowest BCUT2D eigenvalue weighted by Crippen LogP contribution is -2.21. The Morgan fingerprint density at radius 1 is 1.26 bits per heavy atom. The monoisotopic (exact) mass is 258 g/mol. The topological polar surface area (TPSA) is 73.1 Å². The minimum absolute atomic E-state index is 0.155. The van der Waals surface area contributed by atoms with Crippen LogP contribution >= 0.6 is 0 Å². The highest BCUT2D eigenvalue weighted by atomic mass is 16.5. The predicted octanol–water partition coefficient (Wildman–Crippen LogP) is 2.17. The first kappa shape index (κ1) is 13.3. The lowest BCUT2D eigenvalue weighted by Gasteiger charge is -2.14. The van der Waals surface area contributed by atoms with Crippen LogP contribution in [0, 0.1) is 0 Å². The van der Waals surface area contributed by atoms with E-state index in [0.29, 0.717) is 24.1 Å². The lowest BCUT2D eigenvalue weighted by molar-refractivity contribution is 0.190. The van der Waals surface area contributed by atoms with Gasteiger partial charge in [-0.05, 0) is 6.92 Å². The highest BCUT2D eigenvalue weighted by molar-refractivity contribution is 5.60. The van der Waals surface area contributed by atoms with Gasteiger partial charge in [0.05, 0.1) is 6.61 Å². The summed E-state index contributed by atoms with van der Waals surface area (Å²) in [5, 5.41) is 3.24. The van der Waals surface area contributed by atoms with E-state index in [1.165, 1.54) is 0 Å². The maximum atomic E-state index is 5.82. The van der Waals surface area contributed by atoms with Crippen molar-refractivity contribution in [3.05, 3.63) is 36.4 Å². The van der Waals surface area contributed by atoms with Crippen LogP contribution in [0.1, 0.15) is 6.92 Å². The number of hydrogen-bond donors (Lipinski definition) is 2. The van der Waals surface area contributed by atoms with E-state index in [1.807, 2.05) is 37.3 Å². The van der Waals surface area contributed by atoms with Crippen molar-refractivity contribution < 1.29 is 4.74 Å². The van der Waals surface area contributed by atoms with Gasteiger partial charge in [0.15, 0.2) is 5.82 Å². The highest BCUT2D eigenvalue weighted by Crippen LogP contribution is 2.18. The third kappa shape index (κ3) is 3.66. The van der Waals surface area contributed by atoms with E-state index < -0.39 is 0 Å². The van der Waals surface area contributed by atoms with Crippen molar-refractivity contribution >= 4 is 11.6 Å². The molecule has 0 radical (unpaired) electrons. The molecule has 0 aliphatic rings. The van der Waals surface area contributed by atoms with Crippen LogP contribution in [-0.4, -0.2) is 29.7 Å². The van der Waals surface area contributed by atoms with Crippen LogP contribution in [0.25, 0.3) is 11.4 Å². The maximum absolute atomic E-state index is 5.82. The fourth-order valence-corrected chi connectivity index (χ4v) is 1.80. The second kappa shape index (κ2) is 6.15. The summed E-state index contributed by atoms with van der Waals surface area (Å²) in [5.41, 5.74) is 6.77. The lowest BCUT2D eigenvalue weighted by atomic mass is 10.2. The summed E-state index contributed by atoms with van der Waals surface area (Å²) in [6, 6.07) is 11.6. The molecular formula is C14H18N4O. The van der Waals surface area contributed by atoms with Crippen LogP contribution in [0.5, 0.6) is 0 Å². The molecule has 0 fully saturated rings. The van der Waals surface area contributed by atoms with Crippen LogP contribution in [0.3, 0.4) is 0 Å². The first-order chi connectivity index (χ1) is 9.19. The Hall–Kier alpha value is -2.14. The van der Waals surface area contributed by atoms with Crippen molar-refractivity contribution in [2.75, 3.05) is 24.8 Å². The Kier molecular flexibility index (Phi) is 4.30. The molecule has 1 aromatic heterocycles. The molecule has 0 saturated heterocycles. The number of nitrogens with one attached hydrogen (secondary N) is 1. The van der Waals surface area contributed by atoms with Crippen molar-refractivity contribution in [3.63, 3.8) is 0 Å². The molecule has 0 aliphatic heterocycles. The summed E-state index contributed by atoms with van der Waals surface area (Å²) in [6.07, 6.45) is 0. The number of nitrogens with zero attached hydrogens (tertiary/aromatic N) is 2. The minimum atomic E-state index is 0.155. The van der Waals surface area contributed by atoms with Crippen molar-refractivity contribution in [2.24, 2.45) is 0 Å². The number of benzene rings is 1. The number of anilines is 2. The Morgan fingerprint density at radius 2 is 2.00 bits per heavy atom. The number of hydrogen-bond acceptors (Lipinski definition) is 5. The van der Waals surface area contributed by atoms with Crippen LogP contribution in [0.4, 0.5) is 11.6 Å². The van der Waals surface area contributed by atoms with Gasteiger partial charge in [-0.1, -0.05) is 30.3 Å². The molecule has 5 nitrogen and oxygen atoms in total. The normalized spacial score (nSPS) is 12.1. The molecule has 19 heavy (non-hydrogen) atoms. The van der Waals surface area contributed by atoms with E-state index in [1.54, 1.807) is 13.2 Å². The average Bonchev–Trinajstić information content (AvgIpc) is 2.39. The van der Waals surface area contributed by atoms with Crippen molar-refractivity contribution in [1.82, 2.24) is 9.97 Å². The van der Waals surface area contributed by atoms with Crippen molar-refractivity contribution in [2.45, 2.75) is 13.0 Å². The smallest absolute Gasteiger partial charge is 0.163 e. The highest BCUT2D eigenvalue weighted by Gasteiger charge is 2.07. The number of aromatic nitrogens is 2. The van der Waals surface area contributed by atoms with Crippen LogP contribution < -0.4 is 11.1 Å². The summed E-state index contributed by atoms with van der Waals surface area (Å²) < 4.78 is 5.08. The van der Waals surface area contributed by atoms with E-state index in [2.05, 4.69) is 15.3 Å². The molecule has 5 heteroatoms. The fourth-order valence-electron chi connectivity index (χ4n) is 1.80. The number of methoxy groups -OCH3 is 1. The average molecular weight is 258 g/mol. The molecule has 1 aromatic carbocycles. The largest absolute Gasteiger partial charge is 0.384 e. The van der Waals surface area contributed by atoms with Crippen LogP contribution in [0.2, 0.25) is 0 Å².